The zero-order valence-electron chi connectivity index (χ0n) is 15.4. The Balaban J connectivity index is 1.33. The number of hydrogen-bond acceptors (Lipinski definition) is 6. The van der Waals surface area contributed by atoms with Gasteiger partial charge in [-0.2, -0.15) is 0 Å². The van der Waals surface area contributed by atoms with Gasteiger partial charge in [-0.05, 0) is 24.3 Å². The molecule has 4 rings (SSSR count). The van der Waals surface area contributed by atoms with Gasteiger partial charge in [-0.15, -0.1) is 0 Å². The first-order valence-electron chi connectivity index (χ1n) is 9.04. The Morgan fingerprint density at radius 1 is 1.10 bits per heavy atom. The highest BCUT2D eigenvalue weighted by atomic mass is 32.1. The molecular weight excluding hydrogens is 392 g/mol. The molecule has 0 spiro atoms. The molecule has 0 fully saturated rings. The number of carbonyl (C=O) groups is 3. The molecule has 2 aromatic heterocycles. The van der Waals surface area contributed by atoms with E-state index in [1.165, 1.54) is 17.6 Å². The highest BCUT2D eigenvalue weighted by Gasteiger charge is 2.25. The van der Waals surface area contributed by atoms with Crippen LogP contribution < -0.4 is 10.6 Å². The SMILES string of the molecule is O=C(NCC(=O)N1CCc2nc(NC(=O)c3ccco3)sc2C1)c1ccccc1. The van der Waals surface area contributed by atoms with Crippen LogP contribution in [0, 0.1) is 0 Å². The molecule has 1 aromatic carbocycles. The van der Waals surface area contributed by atoms with Gasteiger partial charge in [0.15, 0.2) is 10.9 Å². The fraction of sp³-hybridized carbons (Fsp3) is 0.200. The number of nitrogens with one attached hydrogen (secondary N) is 2. The van der Waals surface area contributed by atoms with Crippen LogP contribution >= 0.6 is 11.3 Å². The van der Waals surface area contributed by atoms with Gasteiger partial charge >= 0.3 is 0 Å². The van der Waals surface area contributed by atoms with E-state index in [1.807, 2.05) is 6.07 Å². The predicted molar refractivity (Wildman–Crippen MR) is 107 cm³/mol. The minimum absolute atomic E-state index is 0.0655. The van der Waals surface area contributed by atoms with Crippen molar-refractivity contribution in [2.24, 2.45) is 0 Å². The first kappa shape index (κ1) is 18.9. The van der Waals surface area contributed by atoms with Crippen molar-refractivity contribution in [2.45, 2.75) is 13.0 Å². The third kappa shape index (κ3) is 4.35. The maximum atomic E-state index is 12.5. The van der Waals surface area contributed by atoms with Crippen molar-refractivity contribution in [1.82, 2.24) is 15.2 Å². The zero-order valence-corrected chi connectivity index (χ0v) is 16.2. The first-order valence-corrected chi connectivity index (χ1v) is 9.86. The fourth-order valence-electron chi connectivity index (χ4n) is 2.99. The average molecular weight is 410 g/mol. The number of carbonyl (C=O) groups excluding carboxylic acids is 3. The number of fused-ring (bicyclic) bond motifs is 1. The van der Waals surface area contributed by atoms with Crippen molar-refractivity contribution in [1.29, 1.82) is 0 Å². The number of aromatic nitrogens is 1. The van der Waals surface area contributed by atoms with Crippen molar-refractivity contribution in [3.05, 3.63) is 70.6 Å². The summed E-state index contributed by atoms with van der Waals surface area (Å²) < 4.78 is 5.07. The van der Waals surface area contributed by atoms with Crippen LogP contribution in [0.15, 0.2) is 53.1 Å². The van der Waals surface area contributed by atoms with E-state index in [0.29, 0.717) is 30.2 Å². The van der Waals surface area contributed by atoms with Crippen LogP contribution in [0.3, 0.4) is 0 Å². The second kappa shape index (κ2) is 8.27. The first-order chi connectivity index (χ1) is 14.1. The summed E-state index contributed by atoms with van der Waals surface area (Å²) in [4.78, 5) is 43.7. The van der Waals surface area contributed by atoms with E-state index in [0.717, 1.165) is 10.6 Å². The lowest BCUT2D eigenvalue weighted by atomic mass is 10.2. The second-order valence-electron chi connectivity index (χ2n) is 6.43. The van der Waals surface area contributed by atoms with Gasteiger partial charge in [-0.25, -0.2) is 4.98 Å². The van der Waals surface area contributed by atoms with Gasteiger partial charge < -0.3 is 14.6 Å². The van der Waals surface area contributed by atoms with E-state index < -0.39 is 0 Å². The van der Waals surface area contributed by atoms with Crippen molar-refractivity contribution >= 4 is 34.2 Å². The van der Waals surface area contributed by atoms with Crippen LogP contribution in [-0.2, 0) is 17.8 Å². The van der Waals surface area contributed by atoms with Crippen molar-refractivity contribution < 1.29 is 18.8 Å². The van der Waals surface area contributed by atoms with Gasteiger partial charge in [0.1, 0.15) is 0 Å². The van der Waals surface area contributed by atoms with Crippen molar-refractivity contribution in [2.75, 3.05) is 18.4 Å². The van der Waals surface area contributed by atoms with E-state index in [2.05, 4.69) is 15.6 Å². The number of rotatable bonds is 5. The van der Waals surface area contributed by atoms with E-state index in [9.17, 15) is 14.4 Å². The molecule has 29 heavy (non-hydrogen) atoms. The number of hydrogen-bond donors (Lipinski definition) is 2. The van der Waals surface area contributed by atoms with E-state index in [-0.39, 0.29) is 30.0 Å². The Kier molecular flexibility index (Phi) is 5.39. The van der Waals surface area contributed by atoms with Gasteiger partial charge in [0.2, 0.25) is 5.91 Å². The van der Waals surface area contributed by atoms with E-state index in [4.69, 9.17) is 4.42 Å². The summed E-state index contributed by atoms with van der Waals surface area (Å²) in [6, 6.07) is 12.0. The molecule has 0 saturated heterocycles. The summed E-state index contributed by atoms with van der Waals surface area (Å²) >= 11 is 1.34. The molecular formula is C20H18N4O4S. The quantitative estimate of drug-likeness (QED) is 0.672. The molecule has 1 aliphatic rings. The molecule has 0 unspecified atom stereocenters. The third-order valence-electron chi connectivity index (χ3n) is 4.49. The molecule has 8 nitrogen and oxygen atoms in total. The monoisotopic (exact) mass is 410 g/mol. The van der Waals surface area contributed by atoms with Crippen LogP contribution in [0.4, 0.5) is 5.13 Å². The summed E-state index contributed by atoms with van der Waals surface area (Å²) in [6.07, 6.45) is 2.03. The Hall–Kier alpha value is -3.46. The van der Waals surface area contributed by atoms with Crippen molar-refractivity contribution in [3.63, 3.8) is 0 Å². The largest absolute Gasteiger partial charge is 0.459 e. The number of anilines is 1. The Morgan fingerprint density at radius 2 is 1.93 bits per heavy atom. The van der Waals surface area contributed by atoms with E-state index >= 15 is 0 Å². The molecule has 148 valence electrons. The average Bonchev–Trinajstić information content (AvgIpc) is 3.41. The third-order valence-corrected chi connectivity index (χ3v) is 5.48. The number of furan rings is 1. The molecule has 2 N–H and O–H groups in total. The molecule has 1 aliphatic heterocycles. The molecule has 3 amide bonds. The Morgan fingerprint density at radius 3 is 2.69 bits per heavy atom. The maximum absolute atomic E-state index is 12.5. The van der Waals surface area contributed by atoms with Gasteiger partial charge in [0, 0.05) is 23.4 Å². The van der Waals surface area contributed by atoms with Gasteiger partial charge in [0.25, 0.3) is 11.8 Å². The zero-order chi connectivity index (χ0) is 20.2. The molecule has 0 radical (unpaired) electrons. The number of amides is 3. The molecule has 3 aromatic rings. The lowest BCUT2D eigenvalue weighted by molar-refractivity contribution is -0.130. The smallest absolute Gasteiger partial charge is 0.293 e. The molecule has 3 heterocycles. The van der Waals surface area contributed by atoms with Gasteiger partial charge in [0.05, 0.1) is 25.0 Å². The summed E-state index contributed by atoms with van der Waals surface area (Å²) in [7, 11) is 0. The molecule has 9 heteroatoms. The van der Waals surface area contributed by atoms with Gasteiger partial charge in [-0.3, -0.25) is 19.7 Å². The number of benzene rings is 1. The maximum Gasteiger partial charge on any atom is 0.293 e. The Bertz CT molecular complexity index is 1030. The van der Waals surface area contributed by atoms with Crippen LogP contribution in [0.25, 0.3) is 0 Å². The topological polar surface area (TPSA) is 105 Å². The fourth-order valence-corrected chi connectivity index (χ4v) is 4.01. The lowest BCUT2D eigenvalue weighted by Crippen LogP contribution is -2.42. The summed E-state index contributed by atoms with van der Waals surface area (Å²) in [6.45, 7) is 0.857. The highest BCUT2D eigenvalue weighted by molar-refractivity contribution is 7.15. The van der Waals surface area contributed by atoms with Crippen molar-refractivity contribution in [3.8, 4) is 0 Å². The van der Waals surface area contributed by atoms with Crippen LogP contribution in [0.1, 0.15) is 31.5 Å². The summed E-state index contributed by atoms with van der Waals surface area (Å²) in [5, 5.41) is 5.85. The lowest BCUT2D eigenvalue weighted by Gasteiger charge is -2.26. The molecule has 0 bridgehead atoms. The standard InChI is InChI=1S/C20H18N4O4S/c25-17(11-21-18(26)13-5-2-1-3-6-13)24-9-8-14-16(12-24)29-20(22-14)23-19(27)15-7-4-10-28-15/h1-7,10H,8-9,11-12H2,(H,21,26)(H,22,23,27). The second-order valence-corrected chi connectivity index (χ2v) is 7.52. The van der Waals surface area contributed by atoms with Crippen LogP contribution in [0.2, 0.25) is 0 Å². The normalized spacial score (nSPS) is 12.9. The minimum Gasteiger partial charge on any atom is -0.459 e. The molecule has 0 saturated carbocycles. The van der Waals surface area contributed by atoms with Crippen LogP contribution in [0.5, 0.6) is 0 Å². The highest BCUT2D eigenvalue weighted by Crippen LogP contribution is 2.28. The number of thiazole rings is 1. The summed E-state index contributed by atoms with van der Waals surface area (Å²) in [5.41, 5.74) is 1.39. The van der Waals surface area contributed by atoms with Crippen LogP contribution in [-0.4, -0.2) is 40.7 Å². The predicted octanol–water partition coefficient (Wildman–Crippen LogP) is 2.30. The number of nitrogens with zero attached hydrogens (tertiary/aromatic N) is 2. The minimum atomic E-state index is -0.363. The molecule has 0 atom stereocenters. The molecule has 0 aliphatic carbocycles. The summed E-state index contributed by atoms with van der Waals surface area (Å²) in [5.74, 6) is -0.589. The van der Waals surface area contributed by atoms with E-state index in [1.54, 1.807) is 41.3 Å². The Labute approximate surface area is 170 Å². The van der Waals surface area contributed by atoms with Gasteiger partial charge in [-0.1, -0.05) is 29.5 Å².